The molecule has 1 fully saturated rings. The molecule has 0 N–H and O–H groups in total. The lowest BCUT2D eigenvalue weighted by atomic mass is 9.63. The second-order valence-corrected chi connectivity index (χ2v) is 6.15. The highest BCUT2D eigenvalue weighted by atomic mass is 14.4. The van der Waals surface area contributed by atoms with E-state index in [4.69, 9.17) is 0 Å². The summed E-state index contributed by atoms with van der Waals surface area (Å²) in [7, 11) is 0. The van der Waals surface area contributed by atoms with Crippen LogP contribution in [0.3, 0.4) is 0 Å². The van der Waals surface area contributed by atoms with E-state index in [0.717, 1.165) is 11.8 Å². The van der Waals surface area contributed by atoms with Crippen LogP contribution in [0.15, 0.2) is 12.2 Å². The minimum absolute atomic E-state index is 0.571. The maximum atomic E-state index is 4.14. The van der Waals surface area contributed by atoms with Crippen molar-refractivity contribution in [2.45, 2.75) is 66.2 Å². The van der Waals surface area contributed by atoms with Crippen molar-refractivity contribution in [3.8, 4) is 0 Å². The quantitative estimate of drug-likeness (QED) is 0.557. The van der Waals surface area contributed by atoms with Crippen molar-refractivity contribution >= 4 is 0 Å². The Morgan fingerprint density at radius 1 is 1.40 bits per heavy atom. The standard InChI is InChI=1S/C15H28/c1-6-7-8-14-11-13(12(2)3)9-10-15(14,4)5/h13-14H,2,6-11H2,1,3-5H3. The summed E-state index contributed by atoms with van der Waals surface area (Å²) >= 11 is 0. The normalized spacial score (nSPS) is 30.1. The first-order valence-corrected chi connectivity index (χ1v) is 6.62. The van der Waals surface area contributed by atoms with Gasteiger partial charge >= 0.3 is 0 Å². The van der Waals surface area contributed by atoms with Crippen molar-refractivity contribution in [1.29, 1.82) is 0 Å². The van der Waals surface area contributed by atoms with Gasteiger partial charge in [-0.3, -0.25) is 0 Å². The molecule has 1 rings (SSSR count). The van der Waals surface area contributed by atoms with Crippen LogP contribution in [0.5, 0.6) is 0 Å². The first-order chi connectivity index (χ1) is 6.97. The highest BCUT2D eigenvalue weighted by molar-refractivity contribution is 5.01. The summed E-state index contributed by atoms with van der Waals surface area (Å²) in [4.78, 5) is 0. The lowest BCUT2D eigenvalue weighted by Gasteiger charge is -2.42. The van der Waals surface area contributed by atoms with Crippen molar-refractivity contribution in [1.82, 2.24) is 0 Å². The zero-order chi connectivity index (χ0) is 11.5. The Bertz CT molecular complexity index is 212. The van der Waals surface area contributed by atoms with E-state index in [9.17, 15) is 0 Å². The second-order valence-electron chi connectivity index (χ2n) is 6.15. The van der Waals surface area contributed by atoms with E-state index in [1.807, 2.05) is 0 Å². The minimum atomic E-state index is 0.571. The van der Waals surface area contributed by atoms with Crippen LogP contribution in [0.1, 0.15) is 66.2 Å². The smallest absolute Gasteiger partial charge is 0.0206 e. The van der Waals surface area contributed by atoms with E-state index in [2.05, 4.69) is 34.3 Å². The molecule has 0 nitrogen and oxygen atoms in total. The maximum absolute atomic E-state index is 4.14. The predicted molar refractivity (Wildman–Crippen MR) is 69.0 cm³/mol. The molecule has 1 aliphatic carbocycles. The van der Waals surface area contributed by atoms with Crippen LogP contribution >= 0.6 is 0 Å². The van der Waals surface area contributed by atoms with E-state index in [1.54, 1.807) is 0 Å². The third-order valence-electron chi connectivity index (χ3n) is 4.41. The summed E-state index contributed by atoms with van der Waals surface area (Å²) in [6.45, 7) is 13.6. The number of hydrogen-bond acceptors (Lipinski definition) is 0. The number of hydrogen-bond donors (Lipinski definition) is 0. The highest BCUT2D eigenvalue weighted by Gasteiger charge is 2.35. The molecule has 0 heteroatoms. The van der Waals surface area contributed by atoms with Crippen LogP contribution in [0, 0.1) is 17.3 Å². The van der Waals surface area contributed by atoms with Crippen LogP contribution in [0.2, 0.25) is 0 Å². The Morgan fingerprint density at radius 2 is 2.07 bits per heavy atom. The van der Waals surface area contributed by atoms with Crippen LogP contribution in [-0.2, 0) is 0 Å². The van der Waals surface area contributed by atoms with Gasteiger partial charge in [0.2, 0.25) is 0 Å². The fraction of sp³-hybridized carbons (Fsp3) is 0.867. The minimum Gasteiger partial charge on any atom is -0.0999 e. The van der Waals surface area contributed by atoms with Gasteiger partial charge in [-0.25, -0.2) is 0 Å². The van der Waals surface area contributed by atoms with E-state index in [1.165, 1.54) is 44.1 Å². The molecule has 0 aromatic rings. The molecule has 88 valence electrons. The SMILES string of the molecule is C=C(C)C1CCC(C)(C)C(CCCC)C1. The molecule has 0 heterocycles. The molecule has 0 aromatic heterocycles. The summed E-state index contributed by atoms with van der Waals surface area (Å²) in [5, 5.41) is 0. The third kappa shape index (κ3) is 3.36. The fourth-order valence-electron chi connectivity index (χ4n) is 2.94. The van der Waals surface area contributed by atoms with Gasteiger partial charge in [-0.2, -0.15) is 0 Å². The van der Waals surface area contributed by atoms with Gasteiger partial charge in [-0.15, -0.1) is 0 Å². The Balaban J connectivity index is 2.57. The molecule has 1 aliphatic rings. The second kappa shape index (κ2) is 5.18. The van der Waals surface area contributed by atoms with Crippen LogP contribution < -0.4 is 0 Å². The van der Waals surface area contributed by atoms with Gasteiger partial charge in [0, 0.05) is 0 Å². The summed E-state index contributed by atoms with van der Waals surface area (Å²) < 4.78 is 0. The van der Waals surface area contributed by atoms with Gasteiger partial charge < -0.3 is 0 Å². The van der Waals surface area contributed by atoms with Crippen LogP contribution in [-0.4, -0.2) is 0 Å². The lowest BCUT2D eigenvalue weighted by Crippen LogP contribution is -2.32. The molecule has 0 bridgehead atoms. The van der Waals surface area contributed by atoms with E-state index in [0.29, 0.717) is 5.41 Å². The van der Waals surface area contributed by atoms with Gasteiger partial charge in [-0.05, 0) is 49.9 Å². The molecular weight excluding hydrogens is 180 g/mol. The Hall–Kier alpha value is -0.260. The largest absolute Gasteiger partial charge is 0.0999 e. The summed E-state index contributed by atoms with van der Waals surface area (Å²) in [5.41, 5.74) is 1.98. The van der Waals surface area contributed by atoms with Crippen molar-refractivity contribution in [2.24, 2.45) is 17.3 Å². The molecule has 0 aliphatic heterocycles. The van der Waals surface area contributed by atoms with Gasteiger partial charge in [0.25, 0.3) is 0 Å². The van der Waals surface area contributed by atoms with Gasteiger partial charge in [0.15, 0.2) is 0 Å². The number of rotatable bonds is 4. The van der Waals surface area contributed by atoms with Gasteiger partial charge in [0.1, 0.15) is 0 Å². The van der Waals surface area contributed by atoms with Crippen molar-refractivity contribution in [3.05, 3.63) is 12.2 Å². The Kier molecular flexibility index (Phi) is 4.43. The van der Waals surface area contributed by atoms with Crippen molar-refractivity contribution < 1.29 is 0 Å². The highest BCUT2D eigenvalue weighted by Crippen LogP contribution is 2.46. The summed E-state index contributed by atoms with van der Waals surface area (Å²) in [6, 6.07) is 0. The van der Waals surface area contributed by atoms with E-state index >= 15 is 0 Å². The molecule has 1 saturated carbocycles. The number of allylic oxidation sites excluding steroid dienone is 1. The predicted octanol–water partition coefficient (Wildman–Crippen LogP) is 5.20. The molecule has 15 heavy (non-hydrogen) atoms. The molecule has 2 unspecified atom stereocenters. The summed E-state index contributed by atoms with van der Waals surface area (Å²) in [6.07, 6.45) is 8.31. The molecule has 0 saturated heterocycles. The zero-order valence-electron chi connectivity index (χ0n) is 11.1. The van der Waals surface area contributed by atoms with Crippen molar-refractivity contribution in [2.75, 3.05) is 0 Å². The van der Waals surface area contributed by atoms with E-state index < -0.39 is 0 Å². The first kappa shape index (κ1) is 12.8. The Morgan fingerprint density at radius 3 is 2.60 bits per heavy atom. The van der Waals surface area contributed by atoms with E-state index in [-0.39, 0.29) is 0 Å². The lowest BCUT2D eigenvalue weighted by molar-refractivity contribution is 0.101. The monoisotopic (exact) mass is 208 g/mol. The molecule has 0 spiro atoms. The molecule has 2 atom stereocenters. The third-order valence-corrected chi connectivity index (χ3v) is 4.41. The molecule has 0 aromatic carbocycles. The fourth-order valence-corrected chi connectivity index (χ4v) is 2.94. The van der Waals surface area contributed by atoms with Crippen LogP contribution in [0.25, 0.3) is 0 Å². The average molecular weight is 208 g/mol. The van der Waals surface area contributed by atoms with Gasteiger partial charge in [0.05, 0.1) is 0 Å². The molecular formula is C15H28. The number of unbranched alkanes of at least 4 members (excludes halogenated alkanes) is 1. The van der Waals surface area contributed by atoms with Crippen molar-refractivity contribution in [3.63, 3.8) is 0 Å². The maximum Gasteiger partial charge on any atom is -0.0206 e. The zero-order valence-corrected chi connectivity index (χ0v) is 11.1. The Labute approximate surface area is 96.2 Å². The van der Waals surface area contributed by atoms with Gasteiger partial charge in [-0.1, -0.05) is 45.8 Å². The van der Waals surface area contributed by atoms with Crippen LogP contribution in [0.4, 0.5) is 0 Å². The topological polar surface area (TPSA) is 0 Å². The molecule has 0 amide bonds. The first-order valence-electron chi connectivity index (χ1n) is 6.62. The summed E-state index contributed by atoms with van der Waals surface area (Å²) in [5.74, 6) is 1.73. The molecule has 0 radical (unpaired) electrons. The average Bonchev–Trinajstić information content (AvgIpc) is 2.15.